The number of aliphatic imine (C=N–C) groups is 1. The molecule has 0 saturated heterocycles. The van der Waals surface area contributed by atoms with Gasteiger partial charge >= 0.3 is 13.0 Å². The van der Waals surface area contributed by atoms with Crippen LogP contribution in [-0.4, -0.2) is 18.9 Å². The van der Waals surface area contributed by atoms with Crippen molar-refractivity contribution in [1.29, 1.82) is 0 Å². The van der Waals surface area contributed by atoms with Gasteiger partial charge in [-0.05, 0) is 35.4 Å². The highest BCUT2D eigenvalue weighted by Crippen LogP contribution is 2.22. The molecule has 0 fully saturated rings. The van der Waals surface area contributed by atoms with Gasteiger partial charge in [-0.3, -0.25) is 0 Å². The number of halogens is 5. The molecule has 2 rings (SSSR count). The molecule has 146 valence electrons. The number of rotatable bonds is 7. The van der Waals surface area contributed by atoms with E-state index in [-0.39, 0.29) is 30.5 Å². The number of guanidine groups is 1. The first-order chi connectivity index (χ1) is 12.7. The Morgan fingerprint density at radius 3 is 2.37 bits per heavy atom. The van der Waals surface area contributed by atoms with Gasteiger partial charge in [-0.15, -0.1) is 13.2 Å². The molecule has 3 N–H and O–H groups in total. The number of alkyl halides is 5. The van der Waals surface area contributed by atoms with Crippen molar-refractivity contribution in [3.63, 3.8) is 0 Å². The maximum Gasteiger partial charge on any atom is 0.573 e. The molecule has 0 spiro atoms. The average molecular weight is 389 g/mol. The number of benzene rings is 2. The SMILES string of the molecule is NC(=NCc1cccc(OC(F)F)c1)NCc1ccc(OC(F)(F)F)cc1. The van der Waals surface area contributed by atoms with E-state index in [1.807, 2.05) is 0 Å². The van der Waals surface area contributed by atoms with Gasteiger partial charge in [0.05, 0.1) is 6.54 Å². The second-order valence-electron chi connectivity index (χ2n) is 5.27. The van der Waals surface area contributed by atoms with E-state index in [0.29, 0.717) is 11.1 Å². The van der Waals surface area contributed by atoms with Crippen LogP contribution in [0.1, 0.15) is 11.1 Å². The third kappa shape index (κ3) is 7.80. The van der Waals surface area contributed by atoms with Gasteiger partial charge in [0.2, 0.25) is 0 Å². The van der Waals surface area contributed by atoms with Crippen LogP contribution in [0.2, 0.25) is 0 Å². The summed E-state index contributed by atoms with van der Waals surface area (Å²) in [4.78, 5) is 4.06. The number of nitrogens with two attached hydrogens (primary N) is 1. The predicted molar refractivity (Wildman–Crippen MR) is 88.4 cm³/mol. The highest BCUT2D eigenvalue weighted by molar-refractivity contribution is 5.77. The summed E-state index contributed by atoms with van der Waals surface area (Å²) in [7, 11) is 0. The van der Waals surface area contributed by atoms with Crippen LogP contribution in [-0.2, 0) is 13.1 Å². The molecular weight excluding hydrogens is 373 g/mol. The van der Waals surface area contributed by atoms with Crippen LogP contribution in [0.4, 0.5) is 22.0 Å². The van der Waals surface area contributed by atoms with Crippen molar-refractivity contribution in [2.75, 3.05) is 0 Å². The number of hydrogen-bond acceptors (Lipinski definition) is 3. The summed E-state index contributed by atoms with van der Waals surface area (Å²) >= 11 is 0. The lowest BCUT2D eigenvalue weighted by molar-refractivity contribution is -0.274. The molecule has 10 heteroatoms. The fourth-order valence-electron chi connectivity index (χ4n) is 2.05. The minimum absolute atomic E-state index is 0.0189. The van der Waals surface area contributed by atoms with Crippen molar-refractivity contribution in [3.05, 3.63) is 59.7 Å². The zero-order valence-corrected chi connectivity index (χ0v) is 13.8. The van der Waals surface area contributed by atoms with E-state index >= 15 is 0 Å². The average Bonchev–Trinajstić information content (AvgIpc) is 2.58. The van der Waals surface area contributed by atoms with Crippen LogP contribution >= 0.6 is 0 Å². The highest BCUT2D eigenvalue weighted by Gasteiger charge is 2.30. The molecule has 2 aromatic rings. The van der Waals surface area contributed by atoms with Gasteiger partial charge in [-0.25, -0.2) is 4.99 Å². The van der Waals surface area contributed by atoms with Crippen molar-refractivity contribution in [3.8, 4) is 11.5 Å². The van der Waals surface area contributed by atoms with E-state index in [2.05, 4.69) is 19.8 Å². The lowest BCUT2D eigenvalue weighted by atomic mass is 10.2. The topological polar surface area (TPSA) is 68.9 Å². The second kappa shape index (κ2) is 9.06. The molecule has 27 heavy (non-hydrogen) atoms. The van der Waals surface area contributed by atoms with Gasteiger partial charge < -0.3 is 20.5 Å². The third-order valence-corrected chi connectivity index (χ3v) is 3.19. The Hall–Kier alpha value is -3.04. The molecule has 0 aliphatic rings. The molecule has 0 unspecified atom stereocenters. The van der Waals surface area contributed by atoms with E-state index < -0.39 is 13.0 Å². The Labute approximate surface area is 151 Å². The standard InChI is InChI=1S/C17H16F5N3O2/c18-15(19)26-14-3-1-2-12(8-14)10-25-16(23)24-9-11-4-6-13(7-5-11)27-17(20,21)22/h1-8,15H,9-10H2,(H3,23,24,25). The fraction of sp³-hybridized carbons (Fsp3) is 0.235. The van der Waals surface area contributed by atoms with Crippen LogP contribution in [0, 0.1) is 0 Å². The summed E-state index contributed by atoms with van der Waals surface area (Å²) in [6.07, 6.45) is -4.74. The molecule has 0 bridgehead atoms. The lowest BCUT2D eigenvalue weighted by Gasteiger charge is -2.10. The molecule has 5 nitrogen and oxygen atoms in total. The highest BCUT2D eigenvalue weighted by atomic mass is 19.4. The largest absolute Gasteiger partial charge is 0.573 e. The predicted octanol–water partition coefficient (Wildman–Crippen LogP) is 3.79. The minimum atomic E-state index is -4.74. The number of nitrogens with one attached hydrogen (secondary N) is 1. The minimum Gasteiger partial charge on any atom is -0.435 e. The van der Waals surface area contributed by atoms with Gasteiger partial charge in [0.1, 0.15) is 11.5 Å². The van der Waals surface area contributed by atoms with E-state index in [4.69, 9.17) is 5.73 Å². The zero-order valence-electron chi connectivity index (χ0n) is 13.8. The lowest BCUT2D eigenvalue weighted by Crippen LogP contribution is -2.31. The van der Waals surface area contributed by atoms with Gasteiger partial charge in [0, 0.05) is 6.54 Å². The van der Waals surface area contributed by atoms with Crippen LogP contribution in [0.5, 0.6) is 11.5 Å². The van der Waals surface area contributed by atoms with Crippen LogP contribution < -0.4 is 20.5 Å². The Morgan fingerprint density at radius 2 is 1.74 bits per heavy atom. The molecule has 0 heterocycles. The maximum absolute atomic E-state index is 12.2. The molecule has 0 radical (unpaired) electrons. The van der Waals surface area contributed by atoms with Gasteiger partial charge in [-0.2, -0.15) is 8.78 Å². The van der Waals surface area contributed by atoms with Crippen LogP contribution in [0.15, 0.2) is 53.5 Å². The molecular formula is C17H16F5N3O2. The Morgan fingerprint density at radius 1 is 1.04 bits per heavy atom. The summed E-state index contributed by atoms with van der Waals surface area (Å²) in [6, 6.07) is 11.3. The molecule has 2 aromatic carbocycles. The van der Waals surface area contributed by atoms with Crippen molar-refractivity contribution < 1.29 is 31.4 Å². The number of ether oxygens (including phenoxy) is 2. The smallest absolute Gasteiger partial charge is 0.435 e. The zero-order chi connectivity index (χ0) is 19.9. The normalized spacial score (nSPS) is 12.1. The Kier molecular flexibility index (Phi) is 6.80. The summed E-state index contributed by atoms with van der Waals surface area (Å²) in [5.41, 5.74) is 6.99. The molecule has 0 aliphatic carbocycles. The third-order valence-electron chi connectivity index (χ3n) is 3.19. The van der Waals surface area contributed by atoms with Gasteiger partial charge in [0.25, 0.3) is 0 Å². The van der Waals surface area contributed by atoms with E-state index in [1.165, 1.54) is 36.4 Å². The van der Waals surface area contributed by atoms with E-state index in [0.717, 1.165) is 0 Å². The van der Waals surface area contributed by atoms with Crippen molar-refractivity contribution in [2.45, 2.75) is 26.1 Å². The summed E-state index contributed by atoms with van der Waals surface area (Å²) in [6.45, 7) is -2.54. The van der Waals surface area contributed by atoms with Crippen molar-refractivity contribution >= 4 is 5.96 Å². The quantitative estimate of drug-likeness (QED) is 0.430. The second-order valence-corrected chi connectivity index (χ2v) is 5.27. The molecule has 0 aromatic heterocycles. The Balaban J connectivity index is 1.85. The van der Waals surface area contributed by atoms with Crippen LogP contribution in [0.3, 0.4) is 0 Å². The fourth-order valence-corrected chi connectivity index (χ4v) is 2.05. The summed E-state index contributed by atoms with van der Waals surface area (Å²) in [5, 5.41) is 2.80. The van der Waals surface area contributed by atoms with Gasteiger partial charge in [-0.1, -0.05) is 24.3 Å². The Bertz CT molecular complexity index is 764. The first-order valence-electron chi connectivity index (χ1n) is 7.63. The molecule has 0 saturated carbocycles. The van der Waals surface area contributed by atoms with E-state index in [1.54, 1.807) is 12.1 Å². The number of nitrogens with zero attached hydrogens (tertiary/aromatic N) is 1. The first-order valence-corrected chi connectivity index (χ1v) is 7.63. The maximum atomic E-state index is 12.2. The monoisotopic (exact) mass is 389 g/mol. The number of hydrogen-bond donors (Lipinski definition) is 2. The van der Waals surface area contributed by atoms with Crippen LogP contribution in [0.25, 0.3) is 0 Å². The molecule has 0 amide bonds. The summed E-state index contributed by atoms with van der Waals surface area (Å²) in [5.74, 6) is -0.213. The van der Waals surface area contributed by atoms with Gasteiger partial charge in [0.15, 0.2) is 5.96 Å². The van der Waals surface area contributed by atoms with E-state index in [9.17, 15) is 22.0 Å². The van der Waals surface area contributed by atoms with Crippen molar-refractivity contribution in [1.82, 2.24) is 5.32 Å². The molecule has 0 aliphatic heterocycles. The van der Waals surface area contributed by atoms with Crippen molar-refractivity contribution in [2.24, 2.45) is 10.7 Å². The summed E-state index contributed by atoms with van der Waals surface area (Å²) < 4.78 is 68.7. The first kappa shape index (κ1) is 20.3. The molecule has 0 atom stereocenters.